The lowest BCUT2D eigenvalue weighted by atomic mass is 9.99. The maximum Gasteiger partial charge on any atom is 0.220 e. The molecule has 1 amide bonds. The first kappa shape index (κ1) is 71.9. The Morgan fingerprint density at radius 2 is 0.816 bits per heavy atom. The number of amides is 1. The van der Waals surface area contributed by atoms with E-state index >= 15 is 0 Å². The summed E-state index contributed by atoms with van der Waals surface area (Å²) in [6.07, 6.45) is 69.8. The van der Waals surface area contributed by atoms with Crippen LogP contribution in [0.4, 0.5) is 0 Å². The Morgan fingerprint density at radius 1 is 0.461 bits per heavy atom. The van der Waals surface area contributed by atoms with Gasteiger partial charge in [-0.3, -0.25) is 4.79 Å². The van der Waals surface area contributed by atoms with Gasteiger partial charge in [-0.25, -0.2) is 0 Å². The monoisotopic (exact) mass is 1070 g/mol. The second kappa shape index (κ2) is 56.2. The summed E-state index contributed by atoms with van der Waals surface area (Å²) in [5.41, 5.74) is 0. The van der Waals surface area contributed by atoms with Crippen LogP contribution in [0.5, 0.6) is 0 Å². The third kappa shape index (κ3) is 44.7. The summed E-state index contributed by atoms with van der Waals surface area (Å²) < 4.78 is 11.4. The molecule has 1 fully saturated rings. The zero-order chi connectivity index (χ0) is 55.0. The number of aliphatic hydroxyl groups is 5. The largest absolute Gasteiger partial charge is 0.394 e. The van der Waals surface area contributed by atoms with Crippen LogP contribution in [0, 0.1) is 0 Å². The van der Waals surface area contributed by atoms with Crippen LogP contribution in [0.3, 0.4) is 0 Å². The lowest BCUT2D eigenvalue weighted by molar-refractivity contribution is -0.302. The fraction of sp³-hybridized carbons (Fsp3) is 0.836. The summed E-state index contributed by atoms with van der Waals surface area (Å²) in [6, 6.07) is -0.725. The van der Waals surface area contributed by atoms with Crippen molar-refractivity contribution >= 4 is 5.91 Å². The van der Waals surface area contributed by atoms with Gasteiger partial charge in [-0.2, -0.15) is 0 Å². The second-order valence-electron chi connectivity index (χ2n) is 22.5. The average molecular weight is 1070 g/mol. The van der Waals surface area contributed by atoms with Gasteiger partial charge in [-0.15, -0.1) is 0 Å². The predicted molar refractivity (Wildman–Crippen MR) is 322 cm³/mol. The molecule has 0 aliphatic carbocycles. The van der Waals surface area contributed by atoms with Gasteiger partial charge < -0.3 is 40.3 Å². The Labute approximate surface area is 468 Å². The molecule has 444 valence electrons. The van der Waals surface area contributed by atoms with Crippen LogP contribution in [0.15, 0.2) is 60.8 Å². The Hall–Kier alpha value is -2.11. The molecule has 0 aromatic heterocycles. The molecule has 1 saturated heterocycles. The molecule has 76 heavy (non-hydrogen) atoms. The highest BCUT2D eigenvalue weighted by Crippen LogP contribution is 2.23. The molecule has 0 aromatic rings. The first-order chi connectivity index (χ1) is 37.3. The van der Waals surface area contributed by atoms with Gasteiger partial charge in [0.25, 0.3) is 0 Å². The fourth-order valence-electron chi connectivity index (χ4n) is 10.3. The molecule has 0 spiro atoms. The van der Waals surface area contributed by atoms with Gasteiger partial charge in [0.05, 0.1) is 25.4 Å². The molecular weight excluding hydrogens is 947 g/mol. The van der Waals surface area contributed by atoms with Crippen LogP contribution in [0.25, 0.3) is 0 Å². The normalized spacial score (nSPS) is 19.2. The van der Waals surface area contributed by atoms with E-state index in [4.69, 9.17) is 9.47 Å². The zero-order valence-corrected chi connectivity index (χ0v) is 49.5. The zero-order valence-electron chi connectivity index (χ0n) is 49.5. The number of aliphatic hydroxyl groups excluding tert-OH is 5. The number of hydrogen-bond donors (Lipinski definition) is 6. The van der Waals surface area contributed by atoms with Gasteiger partial charge in [-0.1, -0.05) is 299 Å². The van der Waals surface area contributed by atoms with Crippen molar-refractivity contribution in [3.8, 4) is 0 Å². The van der Waals surface area contributed by atoms with E-state index in [1.54, 1.807) is 0 Å². The topological polar surface area (TPSA) is 149 Å². The minimum absolute atomic E-state index is 0.140. The molecule has 6 N–H and O–H groups in total. The molecule has 0 aromatic carbocycles. The van der Waals surface area contributed by atoms with E-state index in [2.05, 4.69) is 79.9 Å². The van der Waals surface area contributed by atoms with Crippen LogP contribution in [0.2, 0.25) is 0 Å². The summed E-state index contributed by atoms with van der Waals surface area (Å²) in [6.45, 7) is 3.76. The number of carbonyl (C=O) groups is 1. The summed E-state index contributed by atoms with van der Waals surface area (Å²) in [7, 11) is 0. The highest BCUT2D eigenvalue weighted by atomic mass is 16.7. The molecule has 0 radical (unpaired) electrons. The van der Waals surface area contributed by atoms with Crippen LogP contribution >= 0.6 is 0 Å². The predicted octanol–water partition coefficient (Wildman–Crippen LogP) is 17.0. The van der Waals surface area contributed by atoms with E-state index in [1.165, 1.54) is 205 Å². The fourth-order valence-corrected chi connectivity index (χ4v) is 10.3. The van der Waals surface area contributed by atoms with Crippen molar-refractivity contribution in [2.75, 3.05) is 13.2 Å². The average Bonchev–Trinajstić information content (AvgIpc) is 3.42. The van der Waals surface area contributed by atoms with Gasteiger partial charge in [-0.05, 0) is 57.8 Å². The molecular formula is C67H123NO8. The maximum absolute atomic E-state index is 13.1. The Kier molecular flexibility index (Phi) is 53.1. The van der Waals surface area contributed by atoms with E-state index in [0.29, 0.717) is 12.8 Å². The number of nitrogens with one attached hydrogen (secondary N) is 1. The molecule has 1 heterocycles. The highest BCUT2D eigenvalue weighted by molar-refractivity contribution is 5.76. The number of ether oxygens (including phenoxy) is 2. The van der Waals surface area contributed by atoms with Crippen molar-refractivity contribution in [3.05, 3.63) is 60.8 Å². The van der Waals surface area contributed by atoms with Gasteiger partial charge in [0.15, 0.2) is 6.29 Å². The van der Waals surface area contributed by atoms with Crippen LogP contribution in [0.1, 0.15) is 303 Å². The van der Waals surface area contributed by atoms with E-state index in [0.717, 1.165) is 70.6 Å². The van der Waals surface area contributed by atoms with Crippen molar-refractivity contribution in [3.63, 3.8) is 0 Å². The van der Waals surface area contributed by atoms with Crippen LogP contribution in [-0.2, 0) is 14.3 Å². The number of rotatable bonds is 56. The maximum atomic E-state index is 13.1. The standard InChI is InChI=1S/C67H123NO8/c1-3-5-7-9-11-13-15-17-19-21-23-25-27-29-31-33-35-37-39-41-43-45-47-49-51-53-55-57-63(71)68-60(59-75-67-66(74)65(73)64(72)62(58-69)76-67)61(70)56-54-52-50-48-46-44-42-40-38-36-34-32-30-28-26-24-22-20-18-16-14-12-10-8-6-4-2/h5,7,11,13,17,19,23,25,29,31,60-62,64-67,69-70,72-74H,3-4,6,8-10,12,14-16,18,20-22,24,26-28,30,32-59H2,1-2H3,(H,68,71)/b7-5-,13-11-,19-17-,25-23-,31-29-. The lowest BCUT2D eigenvalue weighted by Gasteiger charge is -2.40. The minimum atomic E-state index is -1.56. The molecule has 7 unspecified atom stereocenters. The Balaban J connectivity index is 2.16. The third-order valence-electron chi connectivity index (χ3n) is 15.4. The minimum Gasteiger partial charge on any atom is -0.394 e. The number of unbranched alkanes of at least 4 members (excludes halogenated alkanes) is 36. The second-order valence-corrected chi connectivity index (χ2v) is 22.5. The van der Waals surface area contributed by atoms with Crippen molar-refractivity contribution in [2.24, 2.45) is 0 Å². The Bertz CT molecular complexity index is 1380. The van der Waals surface area contributed by atoms with Gasteiger partial charge in [0, 0.05) is 6.42 Å². The summed E-state index contributed by atoms with van der Waals surface area (Å²) >= 11 is 0. The SMILES string of the molecule is CC/C=C\C/C=C\C/C=C\C/C=C\C/C=C\CCCCCCCCCCCCCC(=O)NC(COC1OC(CO)C(O)C(O)C1O)C(O)CCCCCCCCCCCCCCCCCCCCCCCCCCCC. The number of hydrogen-bond acceptors (Lipinski definition) is 8. The third-order valence-corrected chi connectivity index (χ3v) is 15.4. The van der Waals surface area contributed by atoms with E-state index in [9.17, 15) is 30.3 Å². The Morgan fingerprint density at radius 3 is 1.21 bits per heavy atom. The lowest BCUT2D eigenvalue weighted by Crippen LogP contribution is -2.60. The molecule has 1 aliphatic heterocycles. The van der Waals surface area contributed by atoms with Gasteiger partial charge >= 0.3 is 0 Å². The smallest absolute Gasteiger partial charge is 0.220 e. The van der Waals surface area contributed by atoms with E-state index in [1.807, 2.05) is 0 Å². The van der Waals surface area contributed by atoms with Crippen molar-refractivity contribution in [2.45, 2.75) is 346 Å². The quantitative estimate of drug-likeness (QED) is 0.0261. The van der Waals surface area contributed by atoms with Crippen molar-refractivity contribution < 1.29 is 39.8 Å². The summed E-state index contributed by atoms with van der Waals surface area (Å²) in [5.74, 6) is -0.146. The van der Waals surface area contributed by atoms with Crippen molar-refractivity contribution in [1.82, 2.24) is 5.32 Å². The van der Waals surface area contributed by atoms with Gasteiger partial charge in [0.1, 0.15) is 24.4 Å². The molecule has 1 rings (SSSR count). The first-order valence-electron chi connectivity index (χ1n) is 32.5. The number of allylic oxidation sites excluding steroid dienone is 10. The first-order valence-corrected chi connectivity index (χ1v) is 32.5. The highest BCUT2D eigenvalue weighted by Gasteiger charge is 2.44. The van der Waals surface area contributed by atoms with E-state index < -0.39 is 49.5 Å². The molecule has 9 heteroatoms. The molecule has 9 nitrogen and oxygen atoms in total. The van der Waals surface area contributed by atoms with Crippen LogP contribution in [-0.4, -0.2) is 87.5 Å². The van der Waals surface area contributed by atoms with Crippen molar-refractivity contribution in [1.29, 1.82) is 0 Å². The number of carbonyl (C=O) groups excluding carboxylic acids is 1. The van der Waals surface area contributed by atoms with Gasteiger partial charge in [0.2, 0.25) is 5.91 Å². The van der Waals surface area contributed by atoms with Crippen LogP contribution < -0.4 is 5.32 Å². The van der Waals surface area contributed by atoms with E-state index in [-0.39, 0.29) is 12.5 Å². The molecule has 7 atom stereocenters. The molecule has 0 bridgehead atoms. The molecule has 0 saturated carbocycles. The summed E-state index contributed by atoms with van der Waals surface area (Å²) in [4.78, 5) is 13.1. The molecule has 1 aliphatic rings. The summed E-state index contributed by atoms with van der Waals surface area (Å²) in [5, 5.41) is 54.9.